The Morgan fingerprint density at radius 1 is 1.25 bits per heavy atom. The molecule has 24 heavy (non-hydrogen) atoms. The highest BCUT2D eigenvalue weighted by molar-refractivity contribution is 5.81. The summed E-state index contributed by atoms with van der Waals surface area (Å²) in [6, 6.07) is 0. The Balaban J connectivity index is 1.85. The van der Waals surface area contributed by atoms with Crippen molar-refractivity contribution in [3.8, 4) is 0 Å². The SMILES string of the molecule is COCC12CN(C)CC(=O)N1CC1(CCN(C(=O)CN)CC1)N2C. The molecule has 8 nitrogen and oxygen atoms in total. The van der Waals surface area contributed by atoms with Crippen LogP contribution in [0.2, 0.25) is 0 Å². The highest BCUT2D eigenvalue weighted by Gasteiger charge is 2.61. The Kier molecular flexibility index (Phi) is 4.59. The first kappa shape index (κ1) is 17.6. The standard InChI is InChI=1S/C16H29N5O3/c1-18-9-14(23)21-10-15(19(2)16(21,11-18)12-24-3)4-6-20(7-5-15)13(22)8-17/h4-12,17H2,1-3H3. The van der Waals surface area contributed by atoms with Gasteiger partial charge in [-0.3, -0.25) is 19.4 Å². The molecule has 1 spiro atoms. The zero-order valence-electron chi connectivity index (χ0n) is 15.0. The van der Waals surface area contributed by atoms with Crippen LogP contribution in [0.25, 0.3) is 0 Å². The minimum Gasteiger partial charge on any atom is -0.381 e. The van der Waals surface area contributed by atoms with Crippen molar-refractivity contribution in [3.05, 3.63) is 0 Å². The van der Waals surface area contributed by atoms with Crippen molar-refractivity contribution in [2.75, 3.05) is 67.1 Å². The molecule has 0 aromatic carbocycles. The van der Waals surface area contributed by atoms with Crippen LogP contribution >= 0.6 is 0 Å². The molecule has 3 aliphatic heterocycles. The molecule has 3 saturated heterocycles. The van der Waals surface area contributed by atoms with Gasteiger partial charge >= 0.3 is 0 Å². The van der Waals surface area contributed by atoms with Crippen LogP contribution in [0.5, 0.6) is 0 Å². The Morgan fingerprint density at radius 3 is 2.50 bits per heavy atom. The molecular formula is C16H29N5O3. The number of hydrogen-bond acceptors (Lipinski definition) is 6. The van der Waals surface area contributed by atoms with E-state index in [2.05, 4.69) is 16.8 Å². The zero-order valence-corrected chi connectivity index (χ0v) is 15.0. The van der Waals surface area contributed by atoms with E-state index in [1.165, 1.54) is 0 Å². The van der Waals surface area contributed by atoms with Crippen molar-refractivity contribution in [1.29, 1.82) is 0 Å². The van der Waals surface area contributed by atoms with E-state index >= 15 is 0 Å². The summed E-state index contributed by atoms with van der Waals surface area (Å²) in [5, 5.41) is 0. The molecule has 136 valence electrons. The van der Waals surface area contributed by atoms with E-state index in [0.717, 1.165) is 19.4 Å². The van der Waals surface area contributed by atoms with Gasteiger partial charge in [0.25, 0.3) is 0 Å². The number of carbonyl (C=O) groups excluding carboxylic acids is 2. The summed E-state index contributed by atoms with van der Waals surface area (Å²) in [6.07, 6.45) is 1.71. The molecule has 1 atom stereocenters. The van der Waals surface area contributed by atoms with E-state index in [9.17, 15) is 9.59 Å². The fourth-order valence-electron chi connectivity index (χ4n) is 4.73. The van der Waals surface area contributed by atoms with Gasteiger partial charge in [-0.1, -0.05) is 0 Å². The number of nitrogens with two attached hydrogens (primary N) is 1. The minimum atomic E-state index is -0.418. The Labute approximate surface area is 143 Å². The van der Waals surface area contributed by atoms with E-state index in [4.69, 9.17) is 10.5 Å². The molecule has 3 aliphatic rings. The highest BCUT2D eigenvalue weighted by atomic mass is 16.5. The number of amides is 2. The molecule has 3 heterocycles. The third-order valence-corrected chi connectivity index (χ3v) is 6.12. The first-order valence-electron chi connectivity index (χ1n) is 8.58. The maximum Gasteiger partial charge on any atom is 0.238 e. The lowest BCUT2D eigenvalue weighted by Gasteiger charge is -2.50. The second-order valence-corrected chi connectivity index (χ2v) is 7.44. The fourth-order valence-corrected chi connectivity index (χ4v) is 4.73. The smallest absolute Gasteiger partial charge is 0.238 e. The topological polar surface area (TPSA) is 82.3 Å². The fraction of sp³-hybridized carbons (Fsp3) is 0.875. The van der Waals surface area contributed by atoms with Crippen LogP contribution in [-0.4, -0.2) is 110 Å². The van der Waals surface area contributed by atoms with Crippen molar-refractivity contribution in [1.82, 2.24) is 19.6 Å². The number of fused-ring (bicyclic) bond motifs is 1. The molecule has 0 radical (unpaired) electrons. The third kappa shape index (κ3) is 2.52. The monoisotopic (exact) mass is 339 g/mol. The lowest BCUT2D eigenvalue weighted by atomic mass is 9.86. The van der Waals surface area contributed by atoms with Crippen LogP contribution < -0.4 is 5.73 Å². The van der Waals surface area contributed by atoms with Crippen LogP contribution in [0.15, 0.2) is 0 Å². The lowest BCUT2D eigenvalue weighted by Crippen LogP contribution is -2.69. The van der Waals surface area contributed by atoms with Gasteiger partial charge in [-0.05, 0) is 26.9 Å². The van der Waals surface area contributed by atoms with Crippen LogP contribution in [-0.2, 0) is 14.3 Å². The number of hydrogen-bond donors (Lipinski definition) is 1. The molecule has 3 rings (SSSR count). The summed E-state index contributed by atoms with van der Waals surface area (Å²) < 4.78 is 5.52. The number of ether oxygens (including phenoxy) is 1. The van der Waals surface area contributed by atoms with Crippen molar-refractivity contribution < 1.29 is 14.3 Å². The Hall–Kier alpha value is -1.22. The van der Waals surface area contributed by atoms with Gasteiger partial charge in [0.05, 0.1) is 19.7 Å². The van der Waals surface area contributed by atoms with Gasteiger partial charge < -0.3 is 20.3 Å². The zero-order chi connectivity index (χ0) is 17.5. The second kappa shape index (κ2) is 6.25. The maximum absolute atomic E-state index is 12.7. The normalized spacial score (nSPS) is 30.9. The summed E-state index contributed by atoms with van der Waals surface area (Å²) in [5.41, 5.74) is 4.98. The van der Waals surface area contributed by atoms with Gasteiger partial charge in [0.2, 0.25) is 11.8 Å². The van der Waals surface area contributed by atoms with E-state index < -0.39 is 5.66 Å². The summed E-state index contributed by atoms with van der Waals surface area (Å²) in [7, 11) is 5.77. The highest BCUT2D eigenvalue weighted by Crippen LogP contribution is 2.44. The number of methoxy groups -OCH3 is 1. The first-order chi connectivity index (χ1) is 11.4. The Morgan fingerprint density at radius 2 is 1.92 bits per heavy atom. The predicted octanol–water partition coefficient (Wildman–Crippen LogP) is -1.63. The van der Waals surface area contributed by atoms with Crippen LogP contribution in [0.1, 0.15) is 12.8 Å². The molecule has 1 unspecified atom stereocenters. The number of piperidine rings is 1. The van der Waals surface area contributed by atoms with Gasteiger partial charge in [-0.25, -0.2) is 0 Å². The van der Waals surface area contributed by atoms with E-state index in [0.29, 0.717) is 32.8 Å². The minimum absolute atomic E-state index is 0.00522. The summed E-state index contributed by atoms with van der Waals surface area (Å²) in [4.78, 5) is 32.8. The predicted molar refractivity (Wildman–Crippen MR) is 89.2 cm³/mol. The summed E-state index contributed by atoms with van der Waals surface area (Å²) >= 11 is 0. The molecule has 0 bridgehead atoms. The molecule has 0 saturated carbocycles. The first-order valence-corrected chi connectivity index (χ1v) is 8.58. The van der Waals surface area contributed by atoms with Crippen molar-refractivity contribution in [2.45, 2.75) is 24.0 Å². The Bertz CT molecular complexity index is 520. The average molecular weight is 339 g/mol. The van der Waals surface area contributed by atoms with Crippen LogP contribution in [0.4, 0.5) is 0 Å². The molecule has 2 amide bonds. The third-order valence-electron chi connectivity index (χ3n) is 6.12. The van der Waals surface area contributed by atoms with Gasteiger partial charge in [-0.15, -0.1) is 0 Å². The largest absolute Gasteiger partial charge is 0.381 e. The average Bonchev–Trinajstić information content (AvgIpc) is 2.78. The molecule has 2 N–H and O–H groups in total. The van der Waals surface area contributed by atoms with E-state index in [1.807, 2.05) is 16.8 Å². The van der Waals surface area contributed by atoms with Crippen LogP contribution in [0.3, 0.4) is 0 Å². The maximum atomic E-state index is 12.7. The van der Waals surface area contributed by atoms with Gasteiger partial charge in [0, 0.05) is 38.8 Å². The number of piperazine rings is 1. The molecule has 0 aromatic rings. The summed E-state index contributed by atoms with van der Waals surface area (Å²) in [5.74, 6) is 0.163. The molecule has 8 heteroatoms. The summed E-state index contributed by atoms with van der Waals surface area (Å²) in [6.45, 7) is 3.88. The molecular weight excluding hydrogens is 310 g/mol. The van der Waals surface area contributed by atoms with Gasteiger partial charge in [0.1, 0.15) is 5.66 Å². The number of carbonyl (C=O) groups is 2. The number of likely N-dealkylation sites (tertiary alicyclic amines) is 1. The molecule has 0 aliphatic carbocycles. The molecule has 3 fully saturated rings. The van der Waals surface area contributed by atoms with E-state index in [1.54, 1.807) is 7.11 Å². The van der Waals surface area contributed by atoms with Crippen molar-refractivity contribution in [2.24, 2.45) is 5.73 Å². The van der Waals surface area contributed by atoms with Crippen molar-refractivity contribution in [3.63, 3.8) is 0 Å². The van der Waals surface area contributed by atoms with Crippen LogP contribution in [0, 0.1) is 0 Å². The number of rotatable bonds is 3. The second-order valence-electron chi connectivity index (χ2n) is 7.44. The quantitative estimate of drug-likeness (QED) is 0.665. The van der Waals surface area contributed by atoms with E-state index in [-0.39, 0.29) is 23.9 Å². The van der Waals surface area contributed by atoms with Crippen molar-refractivity contribution >= 4 is 11.8 Å². The molecule has 0 aromatic heterocycles. The lowest BCUT2D eigenvalue weighted by molar-refractivity contribution is -0.156. The van der Waals surface area contributed by atoms with Gasteiger partial charge in [-0.2, -0.15) is 0 Å². The van der Waals surface area contributed by atoms with Gasteiger partial charge in [0.15, 0.2) is 0 Å². The number of likely N-dealkylation sites (N-methyl/N-ethyl adjacent to an activating group) is 2. The number of nitrogens with zero attached hydrogens (tertiary/aromatic N) is 4.